The maximum absolute atomic E-state index is 11.3. The monoisotopic (exact) mass is 299 g/mol. The molecular weight excluding hydrogens is 286 g/mol. The molecule has 92 valence electrons. The molecule has 1 aromatic carbocycles. The predicted molar refractivity (Wildman–Crippen MR) is 67.7 cm³/mol. The predicted octanol–water partition coefficient (Wildman–Crippen LogP) is 1.63. The molecule has 0 spiro atoms. The summed E-state index contributed by atoms with van der Waals surface area (Å²) in [6, 6.07) is 9.39. The zero-order valence-electron chi connectivity index (χ0n) is 9.32. The molecule has 0 atom stereocenters. The van der Waals surface area contributed by atoms with Crippen LogP contribution in [0.2, 0.25) is 0 Å². The van der Waals surface area contributed by atoms with Crippen LogP contribution in [0.5, 0.6) is 0 Å². The Kier molecular flexibility index (Phi) is 6.32. The summed E-state index contributed by atoms with van der Waals surface area (Å²) in [4.78, 5) is 22.3. The van der Waals surface area contributed by atoms with E-state index in [9.17, 15) is 9.59 Å². The van der Waals surface area contributed by atoms with Crippen molar-refractivity contribution in [2.75, 3.05) is 11.9 Å². The molecule has 1 aromatic rings. The van der Waals surface area contributed by atoms with Gasteiger partial charge < -0.3 is 10.1 Å². The molecule has 0 aromatic heterocycles. The lowest BCUT2D eigenvalue weighted by Gasteiger charge is -2.05. The molecule has 0 saturated carbocycles. The number of ether oxygens (including phenoxy) is 1. The van der Waals surface area contributed by atoms with Crippen LogP contribution < -0.4 is 5.32 Å². The van der Waals surface area contributed by atoms with E-state index in [1.54, 1.807) is 0 Å². The van der Waals surface area contributed by atoms with E-state index in [2.05, 4.69) is 21.2 Å². The fraction of sp³-hybridized carbons (Fsp3) is 0.333. The lowest BCUT2D eigenvalue weighted by Crippen LogP contribution is -2.30. The van der Waals surface area contributed by atoms with E-state index in [1.165, 1.54) is 0 Å². The number of alkyl halides is 1. The summed E-state index contributed by atoms with van der Waals surface area (Å²) in [5.41, 5.74) is 0.924. The van der Waals surface area contributed by atoms with Gasteiger partial charge in [0.05, 0.1) is 0 Å². The second-order valence-electron chi connectivity index (χ2n) is 3.36. The van der Waals surface area contributed by atoms with Crippen molar-refractivity contribution in [3.8, 4) is 0 Å². The average Bonchev–Trinajstić information content (AvgIpc) is 2.35. The first-order chi connectivity index (χ1) is 8.22. The van der Waals surface area contributed by atoms with Crippen molar-refractivity contribution in [1.82, 2.24) is 5.32 Å². The first kappa shape index (κ1) is 13.7. The minimum absolute atomic E-state index is 0.0847. The maximum atomic E-state index is 11.3. The van der Waals surface area contributed by atoms with Gasteiger partial charge in [-0.1, -0.05) is 46.3 Å². The molecule has 0 aliphatic rings. The van der Waals surface area contributed by atoms with E-state index in [1.807, 2.05) is 30.3 Å². The highest BCUT2D eigenvalue weighted by molar-refractivity contribution is 9.09. The van der Waals surface area contributed by atoms with E-state index >= 15 is 0 Å². The second-order valence-corrected chi connectivity index (χ2v) is 4.15. The zero-order chi connectivity index (χ0) is 12.5. The first-order valence-corrected chi connectivity index (χ1v) is 6.36. The lowest BCUT2D eigenvalue weighted by atomic mass is 10.2. The van der Waals surface area contributed by atoms with E-state index in [0.717, 1.165) is 5.56 Å². The fourth-order valence-corrected chi connectivity index (χ4v) is 1.49. The Labute approximate surface area is 108 Å². The quantitative estimate of drug-likeness (QED) is 0.642. The normalized spacial score (nSPS) is 9.71. The number of carbonyl (C=O) groups excluding carboxylic acids is 2. The molecule has 0 bridgehead atoms. The maximum Gasteiger partial charge on any atom is 0.325 e. The minimum atomic E-state index is -0.434. The number of amides is 1. The highest BCUT2D eigenvalue weighted by Gasteiger charge is 2.05. The Bertz CT molecular complexity index is 367. The number of nitrogens with one attached hydrogen (secondary N) is 1. The summed E-state index contributed by atoms with van der Waals surface area (Å²) < 4.78 is 4.99. The van der Waals surface area contributed by atoms with Crippen LogP contribution in [0.4, 0.5) is 0 Å². The largest absolute Gasteiger partial charge is 0.460 e. The Morgan fingerprint density at radius 1 is 1.24 bits per heavy atom. The molecule has 1 rings (SSSR count). The third-order valence-electron chi connectivity index (χ3n) is 1.99. The van der Waals surface area contributed by atoms with Crippen LogP contribution >= 0.6 is 15.9 Å². The van der Waals surface area contributed by atoms with Crippen LogP contribution in [0.3, 0.4) is 0 Å². The van der Waals surface area contributed by atoms with Crippen molar-refractivity contribution in [3.05, 3.63) is 35.9 Å². The highest BCUT2D eigenvalue weighted by Crippen LogP contribution is 2.00. The molecule has 4 nitrogen and oxygen atoms in total. The average molecular weight is 300 g/mol. The van der Waals surface area contributed by atoms with E-state index in [0.29, 0.717) is 11.8 Å². The van der Waals surface area contributed by atoms with Crippen LogP contribution in [-0.4, -0.2) is 23.8 Å². The van der Waals surface area contributed by atoms with Gasteiger partial charge in [-0.2, -0.15) is 0 Å². The van der Waals surface area contributed by atoms with Gasteiger partial charge in [-0.15, -0.1) is 0 Å². The molecule has 1 N–H and O–H groups in total. The standard InChI is InChI=1S/C12H14BrNO3/c13-7-6-11(15)14-8-12(16)17-9-10-4-2-1-3-5-10/h1-5H,6-9H2,(H,14,15). The van der Waals surface area contributed by atoms with Gasteiger partial charge in [-0.25, -0.2) is 0 Å². The van der Waals surface area contributed by atoms with Crippen LogP contribution in [0.25, 0.3) is 0 Å². The molecule has 17 heavy (non-hydrogen) atoms. The highest BCUT2D eigenvalue weighted by atomic mass is 79.9. The number of hydrogen-bond donors (Lipinski definition) is 1. The van der Waals surface area contributed by atoms with E-state index < -0.39 is 5.97 Å². The van der Waals surface area contributed by atoms with Crippen LogP contribution in [-0.2, 0) is 20.9 Å². The van der Waals surface area contributed by atoms with Gasteiger partial charge in [0.25, 0.3) is 0 Å². The number of benzene rings is 1. The van der Waals surface area contributed by atoms with Crippen molar-refractivity contribution in [1.29, 1.82) is 0 Å². The van der Waals surface area contributed by atoms with Crippen LogP contribution in [0.15, 0.2) is 30.3 Å². The van der Waals surface area contributed by atoms with Crippen LogP contribution in [0.1, 0.15) is 12.0 Å². The molecule has 0 fully saturated rings. The molecule has 1 amide bonds. The van der Waals surface area contributed by atoms with Gasteiger partial charge in [0.2, 0.25) is 5.91 Å². The third kappa shape index (κ3) is 6.06. The number of halogens is 1. The molecule has 0 aliphatic carbocycles. The second kappa shape index (κ2) is 7.84. The fourth-order valence-electron chi connectivity index (χ4n) is 1.13. The summed E-state index contributed by atoms with van der Waals surface area (Å²) in [6.07, 6.45) is 0.353. The number of esters is 1. The Balaban J connectivity index is 2.20. The number of rotatable bonds is 6. The summed E-state index contributed by atoms with van der Waals surface area (Å²) in [7, 11) is 0. The SMILES string of the molecule is O=C(CCBr)NCC(=O)OCc1ccccc1. The Morgan fingerprint density at radius 2 is 1.94 bits per heavy atom. The van der Waals surface area contributed by atoms with E-state index in [-0.39, 0.29) is 19.1 Å². The van der Waals surface area contributed by atoms with Gasteiger partial charge in [0, 0.05) is 11.8 Å². The Hall–Kier alpha value is -1.36. The lowest BCUT2D eigenvalue weighted by molar-refractivity contribution is -0.145. The topological polar surface area (TPSA) is 55.4 Å². The summed E-state index contributed by atoms with van der Waals surface area (Å²) in [5.74, 6) is -0.602. The third-order valence-corrected chi connectivity index (χ3v) is 2.39. The van der Waals surface area contributed by atoms with Crippen molar-refractivity contribution in [2.24, 2.45) is 0 Å². The summed E-state index contributed by atoms with van der Waals surface area (Å²) >= 11 is 3.14. The molecule has 0 unspecified atom stereocenters. The van der Waals surface area contributed by atoms with Crippen molar-refractivity contribution >= 4 is 27.8 Å². The summed E-state index contributed by atoms with van der Waals surface area (Å²) in [5, 5.41) is 3.06. The molecule has 0 radical (unpaired) electrons. The van der Waals surface area contributed by atoms with Crippen molar-refractivity contribution in [2.45, 2.75) is 13.0 Å². The molecule has 0 heterocycles. The zero-order valence-corrected chi connectivity index (χ0v) is 10.9. The van der Waals surface area contributed by atoms with Gasteiger partial charge in [-0.05, 0) is 5.56 Å². The molecule has 0 aliphatic heterocycles. The smallest absolute Gasteiger partial charge is 0.325 e. The first-order valence-electron chi connectivity index (χ1n) is 5.24. The van der Waals surface area contributed by atoms with Crippen LogP contribution in [0, 0.1) is 0 Å². The van der Waals surface area contributed by atoms with Gasteiger partial charge in [0.15, 0.2) is 0 Å². The number of hydrogen-bond acceptors (Lipinski definition) is 3. The van der Waals surface area contributed by atoms with E-state index in [4.69, 9.17) is 4.74 Å². The van der Waals surface area contributed by atoms with Gasteiger partial charge in [-0.3, -0.25) is 9.59 Å². The molecule has 0 saturated heterocycles. The Morgan fingerprint density at radius 3 is 2.59 bits per heavy atom. The van der Waals surface area contributed by atoms with Crippen molar-refractivity contribution < 1.29 is 14.3 Å². The van der Waals surface area contributed by atoms with Gasteiger partial charge in [0.1, 0.15) is 13.2 Å². The molecule has 5 heteroatoms. The number of carbonyl (C=O) groups is 2. The minimum Gasteiger partial charge on any atom is -0.460 e. The van der Waals surface area contributed by atoms with Crippen molar-refractivity contribution in [3.63, 3.8) is 0 Å². The summed E-state index contributed by atoms with van der Waals surface area (Å²) in [6.45, 7) is 0.145. The van der Waals surface area contributed by atoms with Gasteiger partial charge >= 0.3 is 5.97 Å². The molecular formula is C12H14BrNO3.